The van der Waals surface area contributed by atoms with Crippen LogP contribution in [-0.4, -0.2) is 5.88 Å². The summed E-state index contributed by atoms with van der Waals surface area (Å²) < 4.78 is 1.55. The quantitative estimate of drug-likeness (QED) is 0.396. The second kappa shape index (κ2) is 8.35. The van der Waals surface area contributed by atoms with Gasteiger partial charge < -0.3 is 0 Å². The van der Waals surface area contributed by atoms with Gasteiger partial charge >= 0.3 is 84.4 Å². The van der Waals surface area contributed by atoms with E-state index in [1.807, 2.05) is 0 Å². The van der Waals surface area contributed by atoms with Crippen molar-refractivity contribution in [3.63, 3.8) is 0 Å². The zero-order valence-corrected chi connectivity index (χ0v) is 13.4. The fourth-order valence-electron chi connectivity index (χ4n) is 0.677. The first-order valence-electron chi connectivity index (χ1n) is 3.65. The summed E-state index contributed by atoms with van der Waals surface area (Å²) in [4.78, 5) is 0. The molecule has 0 nitrogen and oxygen atoms in total. The molecule has 0 saturated carbocycles. The molecule has 0 aromatic heterocycles. The average Bonchev–Trinajstić information content (AvgIpc) is 1.99. The van der Waals surface area contributed by atoms with E-state index in [1.165, 1.54) is 0 Å². The van der Waals surface area contributed by atoms with Crippen LogP contribution in [0.15, 0.2) is 9.16 Å². The van der Waals surface area contributed by atoms with Crippen LogP contribution in [0.3, 0.4) is 0 Å². The van der Waals surface area contributed by atoms with Crippen LogP contribution >= 0.6 is 19.9 Å². The Morgan fingerprint density at radius 1 is 1.60 bits per heavy atom. The third-order valence-corrected chi connectivity index (χ3v) is 9.08. The third-order valence-electron chi connectivity index (χ3n) is 1.40. The number of allylic oxidation sites excluding steroid dienone is 2. The van der Waals surface area contributed by atoms with Crippen LogP contribution in [0.1, 0.15) is 26.2 Å². The van der Waals surface area contributed by atoms with Gasteiger partial charge in [-0.25, -0.2) is 0 Å². The molecule has 0 N–H and O–H groups in total. The van der Waals surface area contributed by atoms with Gasteiger partial charge in [0.15, 0.2) is 0 Å². The molecule has 0 saturated heterocycles. The molecule has 56 valence electrons. The molecule has 0 aromatic carbocycles. The van der Waals surface area contributed by atoms with Crippen molar-refractivity contribution in [3.05, 3.63) is 9.16 Å². The van der Waals surface area contributed by atoms with Crippen molar-refractivity contribution >= 4 is 19.9 Å². The van der Waals surface area contributed by atoms with E-state index in [-0.39, 0.29) is 0 Å². The topological polar surface area (TPSA) is 0 Å². The number of hydrogen-bond acceptors (Lipinski definition) is 0. The molecule has 0 aliphatic carbocycles. The Bertz CT molecular complexity index is 95.8. The van der Waals surface area contributed by atoms with Crippen LogP contribution < -0.4 is 0 Å². The molecule has 0 aliphatic rings. The molecule has 0 aromatic rings. The first-order valence-corrected chi connectivity index (χ1v) is 13.7. The van der Waals surface area contributed by atoms with Gasteiger partial charge in [0.05, 0.1) is 0 Å². The SMILES string of the molecule is CC/[C](=C\CCCCl)[Hg][Cl]. The van der Waals surface area contributed by atoms with E-state index in [1.54, 1.807) is 3.08 Å². The Balaban J connectivity index is 3.43. The zero-order chi connectivity index (χ0) is 7.82. The summed E-state index contributed by atoms with van der Waals surface area (Å²) in [6.07, 6.45) is 5.67. The van der Waals surface area contributed by atoms with Gasteiger partial charge in [-0.05, 0) is 0 Å². The molecule has 0 heterocycles. The fourth-order valence-corrected chi connectivity index (χ4v) is 5.40. The number of unbranched alkanes of at least 4 members (excludes halogenated alkanes) is 1. The van der Waals surface area contributed by atoms with Crippen LogP contribution in [0.2, 0.25) is 0 Å². The van der Waals surface area contributed by atoms with Crippen LogP contribution in [0.4, 0.5) is 0 Å². The molecule has 0 unspecified atom stereocenters. The minimum absolute atomic E-state index is 0.771. The van der Waals surface area contributed by atoms with Crippen LogP contribution in [0.5, 0.6) is 0 Å². The summed E-state index contributed by atoms with van der Waals surface area (Å²) in [6.45, 7) is 2.18. The van der Waals surface area contributed by atoms with Crippen molar-refractivity contribution in [2.75, 3.05) is 5.88 Å². The standard InChI is InChI=1S/C7H12Cl.ClH.Hg/c1-2-3-4-5-6-7-8;;/h4H,2,5-7H2,1H3;1H;/q;;+1/p-1. The minimum atomic E-state index is -1.05. The van der Waals surface area contributed by atoms with Crippen LogP contribution in [-0.2, 0) is 23.3 Å². The van der Waals surface area contributed by atoms with Crippen molar-refractivity contribution in [2.45, 2.75) is 26.2 Å². The van der Waals surface area contributed by atoms with E-state index in [0.717, 1.165) is 25.1 Å². The molecule has 0 fully saturated rings. The van der Waals surface area contributed by atoms with Gasteiger partial charge in [-0.2, -0.15) is 0 Å². The zero-order valence-electron chi connectivity index (χ0n) is 6.37. The Morgan fingerprint density at radius 2 is 2.30 bits per heavy atom. The monoisotopic (exact) mass is 368 g/mol. The third kappa shape index (κ3) is 6.00. The molecular weight excluding hydrogens is 356 g/mol. The maximum atomic E-state index is 5.87. The van der Waals surface area contributed by atoms with Crippen molar-refractivity contribution in [3.8, 4) is 0 Å². The van der Waals surface area contributed by atoms with Gasteiger partial charge in [0.1, 0.15) is 0 Å². The van der Waals surface area contributed by atoms with Crippen molar-refractivity contribution in [2.24, 2.45) is 0 Å². The van der Waals surface area contributed by atoms with E-state index in [2.05, 4.69) is 13.0 Å². The van der Waals surface area contributed by atoms with E-state index in [9.17, 15) is 0 Å². The summed E-state index contributed by atoms with van der Waals surface area (Å²) >= 11 is 4.47. The van der Waals surface area contributed by atoms with Crippen LogP contribution in [0.25, 0.3) is 0 Å². The first kappa shape index (κ1) is 11.3. The summed E-state index contributed by atoms with van der Waals surface area (Å²) in [5, 5.41) is 0. The molecule has 0 bridgehead atoms. The van der Waals surface area contributed by atoms with E-state index in [4.69, 9.17) is 19.9 Å². The number of hydrogen-bond donors (Lipinski definition) is 0. The predicted molar refractivity (Wildman–Crippen MR) is 44.2 cm³/mol. The van der Waals surface area contributed by atoms with Gasteiger partial charge in [-0.15, -0.1) is 0 Å². The number of rotatable bonds is 5. The first-order chi connectivity index (χ1) is 4.85. The number of halogens is 2. The van der Waals surface area contributed by atoms with Gasteiger partial charge in [-0.3, -0.25) is 0 Å². The summed E-state index contributed by atoms with van der Waals surface area (Å²) in [5.41, 5.74) is 0. The molecule has 0 rings (SSSR count). The molecule has 0 aliphatic heterocycles. The van der Waals surface area contributed by atoms with E-state index >= 15 is 0 Å². The molecule has 0 amide bonds. The molecule has 0 radical (unpaired) electrons. The summed E-state index contributed by atoms with van der Waals surface area (Å²) in [5.74, 6) is 0.771. The van der Waals surface area contributed by atoms with E-state index < -0.39 is 23.3 Å². The van der Waals surface area contributed by atoms with Crippen LogP contribution in [0, 0.1) is 0 Å². The van der Waals surface area contributed by atoms with E-state index in [0.29, 0.717) is 0 Å². The molecule has 0 atom stereocenters. The molecular formula is C7H12Cl2Hg. The second-order valence-corrected chi connectivity index (χ2v) is 9.47. The van der Waals surface area contributed by atoms with Crippen molar-refractivity contribution < 1.29 is 23.3 Å². The Kier molecular flexibility index (Phi) is 9.40. The number of alkyl halides is 1. The molecule has 0 spiro atoms. The van der Waals surface area contributed by atoms with Gasteiger partial charge in [0, 0.05) is 0 Å². The van der Waals surface area contributed by atoms with Crippen molar-refractivity contribution in [1.82, 2.24) is 0 Å². The average molecular weight is 368 g/mol. The molecule has 10 heavy (non-hydrogen) atoms. The van der Waals surface area contributed by atoms with Gasteiger partial charge in [0.2, 0.25) is 0 Å². The van der Waals surface area contributed by atoms with Gasteiger partial charge in [0.25, 0.3) is 0 Å². The fraction of sp³-hybridized carbons (Fsp3) is 0.714. The second-order valence-electron chi connectivity index (χ2n) is 2.18. The Morgan fingerprint density at radius 3 is 2.70 bits per heavy atom. The van der Waals surface area contributed by atoms with Gasteiger partial charge in [-0.1, -0.05) is 0 Å². The normalized spacial score (nSPS) is 11.3. The predicted octanol–water partition coefficient (Wildman–Crippen LogP) is 3.54. The van der Waals surface area contributed by atoms with Crippen molar-refractivity contribution in [1.29, 1.82) is 0 Å². The summed E-state index contributed by atoms with van der Waals surface area (Å²) in [6, 6.07) is 0. The molecule has 3 heteroatoms. The maximum absolute atomic E-state index is 5.87. The Hall–Kier alpha value is 1.26. The summed E-state index contributed by atoms with van der Waals surface area (Å²) in [7, 11) is 5.87. The Labute approximate surface area is 83.8 Å².